The van der Waals surface area contributed by atoms with E-state index < -0.39 is 23.5 Å². The highest BCUT2D eigenvalue weighted by Gasteiger charge is 2.51. The van der Waals surface area contributed by atoms with Gasteiger partial charge in [-0.15, -0.1) is 0 Å². The van der Waals surface area contributed by atoms with Crippen LogP contribution >= 0.6 is 0 Å². The molecule has 3 aromatic rings. The summed E-state index contributed by atoms with van der Waals surface area (Å²) in [5, 5.41) is 8.72. The van der Waals surface area contributed by atoms with Crippen LogP contribution < -0.4 is 11.5 Å². The maximum Gasteiger partial charge on any atom is 0.416 e. The second kappa shape index (κ2) is 9.44. The molecule has 39 heavy (non-hydrogen) atoms. The number of rotatable bonds is 5. The van der Waals surface area contributed by atoms with E-state index in [1.807, 2.05) is 0 Å². The van der Waals surface area contributed by atoms with Crippen LogP contribution in [0.1, 0.15) is 53.7 Å². The first-order chi connectivity index (χ1) is 18.4. The summed E-state index contributed by atoms with van der Waals surface area (Å²) in [6, 6.07) is 2.17. The Kier molecular flexibility index (Phi) is 6.36. The lowest BCUT2D eigenvalue weighted by atomic mass is 9.65. The molecule has 2 aliphatic rings. The van der Waals surface area contributed by atoms with Crippen LogP contribution in [0.15, 0.2) is 30.6 Å². The number of nitrogens with two attached hydrogens (primary N) is 2. The number of hydrogen-bond donors (Lipinski definition) is 2. The Labute approximate surface area is 220 Å². The molecule has 2 amide bonds. The Morgan fingerprint density at radius 3 is 2.64 bits per heavy atom. The Bertz CT molecular complexity index is 1520. The van der Waals surface area contributed by atoms with Crippen molar-refractivity contribution in [3.05, 3.63) is 53.1 Å². The molecule has 4 N–H and O–H groups in total. The van der Waals surface area contributed by atoms with Crippen LogP contribution in [0, 0.1) is 23.1 Å². The number of likely N-dealkylation sites (tertiary alicyclic amines) is 1. The van der Waals surface area contributed by atoms with E-state index in [2.05, 4.69) is 22.0 Å². The predicted octanol–water partition coefficient (Wildman–Crippen LogP) is 3.21. The van der Waals surface area contributed by atoms with E-state index in [0.717, 1.165) is 18.6 Å². The summed E-state index contributed by atoms with van der Waals surface area (Å²) < 4.78 is 55.9. The summed E-state index contributed by atoms with van der Waals surface area (Å²) in [7, 11) is 0. The maximum absolute atomic E-state index is 13.8. The Morgan fingerprint density at radius 2 is 1.97 bits per heavy atom. The zero-order chi connectivity index (χ0) is 28.1. The fourth-order valence-electron chi connectivity index (χ4n) is 5.58. The number of alkyl halides is 3. The van der Waals surface area contributed by atoms with Crippen molar-refractivity contribution < 1.29 is 27.2 Å². The zero-order valence-electron chi connectivity index (χ0n) is 20.9. The molecule has 5 rings (SSSR count). The molecule has 3 heterocycles. The summed E-state index contributed by atoms with van der Waals surface area (Å²) in [6.07, 6.45) is 0.428. The number of aromatic nitrogens is 4. The number of benzene rings is 1. The van der Waals surface area contributed by atoms with Crippen molar-refractivity contribution in [1.29, 1.82) is 0 Å². The molecule has 1 spiro atoms. The molecular weight excluding hydrogens is 518 g/mol. The lowest BCUT2D eigenvalue weighted by Gasteiger charge is -2.45. The molecule has 1 saturated heterocycles. The van der Waals surface area contributed by atoms with Crippen LogP contribution in [0.3, 0.4) is 0 Å². The predicted molar refractivity (Wildman–Crippen MR) is 132 cm³/mol. The smallest absolute Gasteiger partial charge is 0.383 e. The van der Waals surface area contributed by atoms with Crippen molar-refractivity contribution in [2.75, 3.05) is 18.8 Å². The monoisotopic (exact) mass is 543 g/mol. The molecule has 13 heteroatoms. The first-order valence-corrected chi connectivity index (χ1v) is 12.2. The minimum atomic E-state index is -4.69. The number of hydrogen-bond acceptors (Lipinski definition) is 5. The molecule has 1 aliphatic carbocycles. The molecule has 2 fully saturated rings. The molecule has 0 radical (unpaired) electrons. The number of carbonyl (C=O) groups is 2. The lowest BCUT2D eigenvalue weighted by molar-refractivity contribution is -0.137. The van der Waals surface area contributed by atoms with E-state index in [0.29, 0.717) is 37.6 Å². The minimum absolute atomic E-state index is 0.0158. The topological polar surface area (TPSA) is 125 Å². The Balaban J connectivity index is 1.36. The number of carbonyl (C=O) groups excluding carboxylic acids is 2. The van der Waals surface area contributed by atoms with Gasteiger partial charge in [0.2, 0.25) is 0 Å². The van der Waals surface area contributed by atoms with Gasteiger partial charge in [-0.25, -0.2) is 9.07 Å². The largest absolute Gasteiger partial charge is 0.416 e. The molecule has 0 atom stereocenters. The molecule has 1 aliphatic heterocycles. The normalized spacial score (nSPS) is 20.5. The van der Waals surface area contributed by atoms with Crippen LogP contribution in [-0.4, -0.2) is 49.4 Å². The van der Waals surface area contributed by atoms with Gasteiger partial charge >= 0.3 is 6.18 Å². The van der Waals surface area contributed by atoms with Crippen LogP contribution in [0.25, 0.3) is 11.3 Å². The highest BCUT2D eigenvalue weighted by atomic mass is 19.4. The van der Waals surface area contributed by atoms with Gasteiger partial charge < -0.3 is 16.4 Å². The third-order valence-electron chi connectivity index (χ3n) is 7.37. The number of nitrogens with zero attached hydrogens (tertiary/aromatic N) is 5. The number of amides is 2. The number of halogens is 4. The molecule has 1 saturated carbocycles. The highest BCUT2D eigenvalue weighted by molar-refractivity contribution is 6.03. The maximum atomic E-state index is 13.8. The third kappa shape index (κ3) is 4.94. The van der Waals surface area contributed by atoms with Gasteiger partial charge in [-0.05, 0) is 61.3 Å². The van der Waals surface area contributed by atoms with Crippen LogP contribution in [0.4, 0.5) is 23.4 Å². The average Bonchev–Trinajstić information content (AvgIpc) is 3.54. The van der Waals surface area contributed by atoms with Crippen molar-refractivity contribution in [3.8, 4) is 23.1 Å². The van der Waals surface area contributed by atoms with E-state index in [1.54, 1.807) is 16.5 Å². The molecule has 204 valence electrons. The van der Waals surface area contributed by atoms with Crippen LogP contribution in [-0.2, 0) is 17.5 Å². The van der Waals surface area contributed by atoms with E-state index >= 15 is 0 Å². The van der Waals surface area contributed by atoms with Crippen molar-refractivity contribution in [1.82, 2.24) is 24.5 Å². The van der Waals surface area contributed by atoms with Crippen LogP contribution in [0.5, 0.6) is 0 Å². The molecule has 2 aromatic heterocycles. The highest BCUT2D eigenvalue weighted by Crippen LogP contribution is 2.54. The van der Waals surface area contributed by atoms with Gasteiger partial charge in [0.1, 0.15) is 22.9 Å². The van der Waals surface area contributed by atoms with Gasteiger partial charge in [0, 0.05) is 24.8 Å². The Morgan fingerprint density at radius 1 is 1.23 bits per heavy atom. The fourth-order valence-corrected chi connectivity index (χ4v) is 5.58. The van der Waals surface area contributed by atoms with Crippen molar-refractivity contribution in [2.24, 2.45) is 11.1 Å². The third-order valence-corrected chi connectivity index (χ3v) is 7.37. The number of primary amides is 1. The van der Waals surface area contributed by atoms with Crippen molar-refractivity contribution in [3.63, 3.8) is 0 Å². The second-order valence-corrected chi connectivity index (χ2v) is 10.1. The second-order valence-electron chi connectivity index (χ2n) is 10.1. The molecule has 9 nitrogen and oxygen atoms in total. The van der Waals surface area contributed by atoms with Gasteiger partial charge in [0.25, 0.3) is 11.8 Å². The summed E-state index contributed by atoms with van der Waals surface area (Å²) in [5.74, 6) is 3.31. The van der Waals surface area contributed by atoms with Gasteiger partial charge in [0.05, 0.1) is 24.3 Å². The molecule has 0 unspecified atom stereocenters. The molecular formula is C26H25F4N7O2. The average molecular weight is 544 g/mol. The zero-order valence-corrected chi connectivity index (χ0v) is 20.9. The molecule has 1 aromatic carbocycles. The van der Waals surface area contributed by atoms with Gasteiger partial charge in [0.15, 0.2) is 0 Å². The quantitative estimate of drug-likeness (QED) is 0.378. The van der Waals surface area contributed by atoms with E-state index in [9.17, 15) is 27.2 Å². The fraction of sp³-hybridized carbons (Fsp3) is 0.385. The van der Waals surface area contributed by atoms with Gasteiger partial charge in [-0.2, -0.15) is 23.4 Å². The summed E-state index contributed by atoms with van der Waals surface area (Å²) in [6.45, 7) is 2.69. The van der Waals surface area contributed by atoms with Crippen molar-refractivity contribution >= 4 is 17.6 Å². The lowest BCUT2D eigenvalue weighted by Crippen LogP contribution is -2.42. The first kappa shape index (κ1) is 26.3. The summed E-state index contributed by atoms with van der Waals surface area (Å²) in [4.78, 5) is 26.2. The van der Waals surface area contributed by atoms with E-state index in [-0.39, 0.29) is 46.5 Å². The number of nitrogen functional groups attached to an aromatic ring is 1. The standard InChI is InChI=1S/C26H25F4N7O2/c1-2-3-20(38)35-5-4-25(14-35)9-19(10-25)37-23(31)21(24(32)39)22(34-37)16-11-33-36(13-16)12-15-6-17(26(28,29)30)8-18(27)7-15/h6-8,11,13,19H,4-5,9-10,12,14,31H2,1H3,(H2,32,39)/t19-,25-. The van der Waals surface area contributed by atoms with E-state index in [1.165, 1.54) is 17.1 Å². The van der Waals surface area contributed by atoms with Crippen molar-refractivity contribution in [2.45, 2.75) is 44.9 Å². The van der Waals surface area contributed by atoms with Gasteiger partial charge in [-0.3, -0.25) is 14.3 Å². The summed E-state index contributed by atoms with van der Waals surface area (Å²) in [5.41, 5.74) is 11.4. The van der Waals surface area contributed by atoms with Crippen LogP contribution in [0.2, 0.25) is 0 Å². The minimum Gasteiger partial charge on any atom is -0.383 e. The number of anilines is 1. The summed E-state index contributed by atoms with van der Waals surface area (Å²) >= 11 is 0. The SMILES string of the molecule is CC#CC(=O)N1CC[C@]2(C1)C[C@H](n1nc(-c3cnn(Cc4cc(F)cc(C(F)(F)F)c4)c3)c(C(N)=O)c1N)C2. The Hall–Kier alpha value is -4.34. The van der Waals surface area contributed by atoms with E-state index in [4.69, 9.17) is 11.5 Å². The van der Waals surface area contributed by atoms with Gasteiger partial charge in [-0.1, -0.05) is 5.92 Å². The molecule has 0 bridgehead atoms. The first-order valence-electron chi connectivity index (χ1n) is 12.2.